The molecule has 0 saturated carbocycles. The summed E-state index contributed by atoms with van der Waals surface area (Å²) in [5.41, 5.74) is 0. The molecule has 2 heterocycles. The van der Waals surface area contributed by atoms with Gasteiger partial charge in [-0.1, -0.05) is 0 Å². The van der Waals surface area contributed by atoms with E-state index in [1.54, 1.807) is 13.8 Å². The van der Waals surface area contributed by atoms with Crippen molar-refractivity contribution in [3.8, 4) is 0 Å². The average molecular weight is 188 g/mol. The molecule has 2 aliphatic heterocycles. The van der Waals surface area contributed by atoms with Crippen LogP contribution in [-0.4, -0.2) is 41.8 Å². The minimum absolute atomic E-state index is 0.109. The Labute approximate surface area is 75.6 Å². The zero-order valence-electron chi connectivity index (χ0n) is 7.52. The molecule has 0 aromatic rings. The number of aliphatic hydroxyl groups is 1. The predicted octanol–water partition coefficient (Wildman–Crippen LogP) is -0.576. The maximum absolute atomic E-state index is 11.3. The molecule has 0 aromatic carbocycles. The van der Waals surface area contributed by atoms with Crippen molar-refractivity contribution >= 4 is 5.78 Å². The Hall–Kier alpha value is -0.490. The summed E-state index contributed by atoms with van der Waals surface area (Å²) < 4.78 is 15.4. The lowest BCUT2D eigenvalue weighted by atomic mass is 10.1. The van der Waals surface area contributed by atoms with Gasteiger partial charge in [0.2, 0.25) is 0 Å². The third kappa shape index (κ3) is 1.48. The van der Waals surface area contributed by atoms with Crippen LogP contribution >= 0.6 is 0 Å². The van der Waals surface area contributed by atoms with E-state index in [-0.39, 0.29) is 12.4 Å². The van der Waals surface area contributed by atoms with Crippen LogP contribution in [-0.2, 0) is 19.0 Å². The summed E-state index contributed by atoms with van der Waals surface area (Å²) in [6.07, 6.45) is -2.43. The van der Waals surface area contributed by atoms with Gasteiger partial charge in [0.05, 0.1) is 0 Å². The molecule has 13 heavy (non-hydrogen) atoms. The number of aliphatic hydroxyl groups excluding tert-OH is 1. The van der Waals surface area contributed by atoms with Crippen molar-refractivity contribution < 1.29 is 24.1 Å². The van der Waals surface area contributed by atoms with Crippen LogP contribution < -0.4 is 0 Å². The van der Waals surface area contributed by atoms with Gasteiger partial charge in [0.25, 0.3) is 0 Å². The second-order valence-corrected chi connectivity index (χ2v) is 3.69. The van der Waals surface area contributed by atoms with Crippen molar-refractivity contribution in [2.24, 2.45) is 0 Å². The van der Waals surface area contributed by atoms with Crippen molar-refractivity contribution in [2.75, 3.05) is 6.61 Å². The van der Waals surface area contributed by atoms with Gasteiger partial charge in [-0.3, -0.25) is 4.79 Å². The van der Waals surface area contributed by atoms with E-state index >= 15 is 0 Å². The Morgan fingerprint density at radius 2 is 2.15 bits per heavy atom. The highest BCUT2D eigenvalue weighted by Crippen LogP contribution is 2.32. The standard InChI is InChI=1S/C8H12O5/c1-8(2)12-5-4(9)3-11-7(10)6(5)13-8/h5-7,10H,3H2,1-2H3/t5-,6-,7-/m0/s1. The summed E-state index contributed by atoms with van der Waals surface area (Å²) in [4.78, 5) is 11.3. The first kappa shape index (κ1) is 9.08. The van der Waals surface area contributed by atoms with E-state index < -0.39 is 24.3 Å². The van der Waals surface area contributed by atoms with Crippen LogP contribution in [0, 0.1) is 0 Å². The van der Waals surface area contributed by atoms with Gasteiger partial charge in [0, 0.05) is 0 Å². The van der Waals surface area contributed by atoms with Crippen LogP contribution in [0.25, 0.3) is 0 Å². The Kier molecular flexibility index (Phi) is 1.92. The Bertz CT molecular complexity index is 237. The first-order chi connectivity index (χ1) is 5.99. The fourth-order valence-corrected chi connectivity index (χ4v) is 1.59. The van der Waals surface area contributed by atoms with E-state index in [4.69, 9.17) is 14.2 Å². The quantitative estimate of drug-likeness (QED) is 0.551. The predicted molar refractivity (Wildman–Crippen MR) is 40.8 cm³/mol. The lowest BCUT2D eigenvalue weighted by Crippen LogP contribution is -2.48. The van der Waals surface area contributed by atoms with Crippen LogP contribution in [0.1, 0.15) is 13.8 Å². The highest BCUT2D eigenvalue weighted by molar-refractivity contribution is 5.86. The fraction of sp³-hybridized carbons (Fsp3) is 0.875. The fourth-order valence-electron chi connectivity index (χ4n) is 1.59. The number of fused-ring (bicyclic) bond motifs is 1. The molecule has 3 atom stereocenters. The van der Waals surface area contributed by atoms with E-state index in [9.17, 15) is 9.90 Å². The Morgan fingerprint density at radius 3 is 2.77 bits per heavy atom. The van der Waals surface area contributed by atoms with Gasteiger partial charge in [0.1, 0.15) is 12.7 Å². The number of Topliss-reactive ketones (excluding diaryl/α,β-unsaturated/α-hetero) is 1. The lowest BCUT2D eigenvalue weighted by molar-refractivity contribution is -0.205. The van der Waals surface area contributed by atoms with Gasteiger partial charge in [0.15, 0.2) is 24.0 Å². The molecule has 2 fully saturated rings. The molecule has 0 bridgehead atoms. The first-order valence-electron chi connectivity index (χ1n) is 4.18. The number of ether oxygens (including phenoxy) is 3. The Balaban J connectivity index is 2.19. The van der Waals surface area contributed by atoms with Gasteiger partial charge >= 0.3 is 0 Å². The molecule has 0 unspecified atom stereocenters. The highest BCUT2D eigenvalue weighted by Gasteiger charge is 2.51. The molecule has 1 N–H and O–H groups in total. The van der Waals surface area contributed by atoms with E-state index in [1.807, 2.05) is 0 Å². The van der Waals surface area contributed by atoms with E-state index in [1.165, 1.54) is 0 Å². The van der Waals surface area contributed by atoms with Gasteiger partial charge in [-0.2, -0.15) is 0 Å². The highest BCUT2D eigenvalue weighted by atomic mass is 16.8. The van der Waals surface area contributed by atoms with Crippen LogP contribution in [0.4, 0.5) is 0 Å². The average Bonchev–Trinajstić information content (AvgIpc) is 2.35. The molecular formula is C8H12O5. The molecule has 0 aliphatic carbocycles. The van der Waals surface area contributed by atoms with Crippen LogP contribution in [0.3, 0.4) is 0 Å². The SMILES string of the molecule is CC1(C)O[C@@H]2[C@@H](O)OCC(=O)[C@@H]2O1. The maximum atomic E-state index is 11.3. The molecule has 0 aromatic heterocycles. The normalized spacial score (nSPS) is 43.3. The van der Waals surface area contributed by atoms with Crippen molar-refractivity contribution in [2.45, 2.75) is 38.1 Å². The van der Waals surface area contributed by atoms with Gasteiger partial charge in [-0.15, -0.1) is 0 Å². The summed E-state index contributed by atoms with van der Waals surface area (Å²) in [5.74, 6) is -1.000. The number of hydrogen-bond acceptors (Lipinski definition) is 5. The Morgan fingerprint density at radius 1 is 1.46 bits per heavy atom. The molecule has 5 nitrogen and oxygen atoms in total. The smallest absolute Gasteiger partial charge is 0.190 e. The second kappa shape index (κ2) is 2.75. The van der Waals surface area contributed by atoms with Crippen molar-refractivity contribution in [1.29, 1.82) is 0 Å². The third-order valence-electron chi connectivity index (χ3n) is 2.12. The molecule has 2 saturated heterocycles. The van der Waals surface area contributed by atoms with Crippen LogP contribution in [0.2, 0.25) is 0 Å². The molecule has 0 amide bonds. The molecule has 5 heteroatoms. The van der Waals surface area contributed by atoms with Gasteiger partial charge in [-0.05, 0) is 13.8 Å². The van der Waals surface area contributed by atoms with E-state index in [0.717, 1.165) is 0 Å². The van der Waals surface area contributed by atoms with E-state index in [2.05, 4.69) is 0 Å². The van der Waals surface area contributed by atoms with E-state index in [0.29, 0.717) is 0 Å². The van der Waals surface area contributed by atoms with Crippen molar-refractivity contribution in [3.05, 3.63) is 0 Å². The van der Waals surface area contributed by atoms with Crippen LogP contribution in [0.15, 0.2) is 0 Å². The zero-order chi connectivity index (χ0) is 9.64. The minimum atomic E-state index is -1.07. The molecule has 2 rings (SSSR count). The molecular weight excluding hydrogens is 176 g/mol. The first-order valence-corrected chi connectivity index (χ1v) is 4.18. The number of hydrogen-bond donors (Lipinski definition) is 1. The number of carbonyl (C=O) groups is 1. The summed E-state index contributed by atoms with van der Waals surface area (Å²) >= 11 is 0. The third-order valence-corrected chi connectivity index (χ3v) is 2.12. The van der Waals surface area contributed by atoms with Crippen LogP contribution in [0.5, 0.6) is 0 Å². The maximum Gasteiger partial charge on any atom is 0.190 e. The van der Waals surface area contributed by atoms with Crippen molar-refractivity contribution in [1.82, 2.24) is 0 Å². The zero-order valence-corrected chi connectivity index (χ0v) is 7.52. The van der Waals surface area contributed by atoms with Gasteiger partial charge < -0.3 is 19.3 Å². The lowest BCUT2D eigenvalue weighted by Gasteiger charge is -2.26. The monoisotopic (exact) mass is 188 g/mol. The van der Waals surface area contributed by atoms with Crippen molar-refractivity contribution in [3.63, 3.8) is 0 Å². The molecule has 0 spiro atoms. The topological polar surface area (TPSA) is 65.0 Å². The molecule has 74 valence electrons. The largest absolute Gasteiger partial charge is 0.366 e. The summed E-state index contributed by atoms with van der Waals surface area (Å²) in [7, 11) is 0. The summed E-state index contributed by atoms with van der Waals surface area (Å²) in [5, 5.41) is 9.35. The molecule has 2 aliphatic rings. The number of ketones is 1. The number of rotatable bonds is 0. The molecule has 0 radical (unpaired) electrons. The second-order valence-electron chi connectivity index (χ2n) is 3.69. The summed E-state index contributed by atoms with van der Waals surface area (Å²) in [6.45, 7) is 3.29. The van der Waals surface area contributed by atoms with Gasteiger partial charge in [-0.25, -0.2) is 0 Å². The minimum Gasteiger partial charge on any atom is -0.366 e. The number of carbonyl (C=O) groups excluding carboxylic acids is 1. The summed E-state index contributed by atoms with van der Waals surface area (Å²) in [6, 6.07) is 0.